The fraction of sp³-hybridized carbons (Fsp3) is 0.364. The van der Waals surface area contributed by atoms with Crippen LogP contribution in [0.4, 0.5) is 30.7 Å². The Morgan fingerprint density at radius 2 is 1.53 bits per heavy atom. The van der Waals surface area contributed by atoms with E-state index in [9.17, 15) is 35.5 Å². The first-order valence-corrected chi connectivity index (χ1v) is 4.85. The first-order chi connectivity index (χ1) is 8.41. The Bertz CT molecular complexity index is 490. The van der Waals surface area contributed by atoms with Crippen molar-refractivity contribution in [2.75, 3.05) is 0 Å². The molecule has 0 radical (unpaired) electrons. The number of Topliss-reactive ketones (excluding diaryl/α,β-unsaturated/α-hetero) is 1. The van der Waals surface area contributed by atoms with Gasteiger partial charge in [-0.1, -0.05) is 23.8 Å². The third kappa shape index (κ3) is 2.57. The molecule has 0 heterocycles. The zero-order valence-corrected chi connectivity index (χ0v) is 9.36. The highest BCUT2D eigenvalue weighted by Crippen LogP contribution is 2.47. The number of rotatable bonds is 3. The molecule has 1 rings (SSSR count). The highest BCUT2D eigenvalue weighted by Gasteiger charge is 2.76. The number of halogens is 7. The van der Waals surface area contributed by atoms with Crippen LogP contribution in [0.5, 0.6) is 0 Å². The molecule has 0 fully saturated rings. The normalized spacial score (nSPS) is 13.5. The van der Waals surface area contributed by atoms with Crippen molar-refractivity contribution < 1.29 is 35.5 Å². The summed E-state index contributed by atoms with van der Waals surface area (Å²) in [5.41, 5.74) is -0.633. The van der Waals surface area contributed by atoms with Crippen LogP contribution in [0.3, 0.4) is 0 Å². The first-order valence-electron chi connectivity index (χ1n) is 4.85. The number of carbonyl (C=O) groups is 1. The number of hydrogen-bond donors (Lipinski definition) is 0. The van der Waals surface area contributed by atoms with E-state index >= 15 is 0 Å². The van der Waals surface area contributed by atoms with Gasteiger partial charge in [-0.15, -0.1) is 0 Å². The van der Waals surface area contributed by atoms with Gasteiger partial charge in [0.15, 0.2) is 0 Å². The highest BCUT2D eigenvalue weighted by atomic mass is 19.4. The molecule has 0 aliphatic carbocycles. The minimum atomic E-state index is -6.52. The summed E-state index contributed by atoms with van der Waals surface area (Å²) in [6, 6.07) is 4.03. The van der Waals surface area contributed by atoms with Crippen LogP contribution in [-0.2, 0) is 0 Å². The Balaban J connectivity index is 3.24. The lowest BCUT2D eigenvalue weighted by Crippen LogP contribution is -2.56. The number of hydrogen-bond acceptors (Lipinski definition) is 1. The molecule has 8 heteroatoms. The maximum atomic E-state index is 13.1. The van der Waals surface area contributed by atoms with Crippen LogP contribution in [0.1, 0.15) is 15.9 Å². The van der Waals surface area contributed by atoms with Crippen LogP contribution < -0.4 is 0 Å². The number of carbonyl (C=O) groups excluding carboxylic acids is 1. The van der Waals surface area contributed by atoms with Crippen LogP contribution in [-0.4, -0.2) is 23.8 Å². The van der Waals surface area contributed by atoms with Crippen LogP contribution >= 0.6 is 0 Å². The maximum Gasteiger partial charge on any atom is 0.460 e. The van der Waals surface area contributed by atoms with E-state index in [1.807, 2.05) is 0 Å². The van der Waals surface area contributed by atoms with Crippen LogP contribution in [0.15, 0.2) is 24.3 Å². The number of ketones is 1. The van der Waals surface area contributed by atoms with Gasteiger partial charge in [-0.2, -0.15) is 30.7 Å². The largest absolute Gasteiger partial charge is 0.460 e. The van der Waals surface area contributed by atoms with E-state index in [-0.39, 0.29) is 5.56 Å². The van der Waals surface area contributed by atoms with Gasteiger partial charge in [0.05, 0.1) is 0 Å². The van der Waals surface area contributed by atoms with Gasteiger partial charge in [0.25, 0.3) is 0 Å². The topological polar surface area (TPSA) is 17.1 Å². The predicted octanol–water partition coefficient (Wildman–Crippen LogP) is 4.01. The zero-order valence-electron chi connectivity index (χ0n) is 9.36. The Hall–Kier alpha value is -1.60. The van der Waals surface area contributed by atoms with Gasteiger partial charge >= 0.3 is 18.0 Å². The standard InChI is InChI=1S/C11H7F7O/c1-6-3-2-4-7(5-6)8(19)9(12,13)10(14,15)11(16,17)18/h2-5H,1H3. The molecule has 0 spiro atoms. The van der Waals surface area contributed by atoms with E-state index in [4.69, 9.17) is 0 Å². The zero-order chi connectivity index (χ0) is 15.1. The van der Waals surface area contributed by atoms with Crippen molar-refractivity contribution >= 4 is 5.78 Å². The summed E-state index contributed by atoms with van der Waals surface area (Å²) in [6.45, 7) is 1.37. The predicted molar refractivity (Wildman–Crippen MR) is 51.5 cm³/mol. The molecule has 0 aliphatic heterocycles. The molecule has 1 aromatic carbocycles. The van der Waals surface area contributed by atoms with E-state index in [2.05, 4.69) is 0 Å². The molecule has 0 aromatic heterocycles. The third-order valence-corrected chi connectivity index (χ3v) is 2.32. The molecule has 19 heavy (non-hydrogen) atoms. The van der Waals surface area contributed by atoms with E-state index in [0.29, 0.717) is 0 Å². The number of alkyl halides is 7. The molecular weight excluding hydrogens is 281 g/mol. The van der Waals surface area contributed by atoms with Crippen molar-refractivity contribution in [3.8, 4) is 0 Å². The lowest BCUT2D eigenvalue weighted by Gasteiger charge is -2.27. The van der Waals surface area contributed by atoms with Gasteiger partial charge in [-0.05, 0) is 13.0 Å². The van der Waals surface area contributed by atoms with Gasteiger partial charge < -0.3 is 0 Å². The lowest BCUT2D eigenvalue weighted by molar-refractivity contribution is -0.339. The van der Waals surface area contributed by atoms with Crippen molar-refractivity contribution in [2.24, 2.45) is 0 Å². The summed E-state index contributed by atoms with van der Waals surface area (Å²) in [5.74, 6) is -14.9. The van der Waals surface area contributed by atoms with Gasteiger partial charge in [-0.3, -0.25) is 4.79 Å². The van der Waals surface area contributed by atoms with E-state index in [1.165, 1.54) is 13.0 Å². The molecule has 1 aromatic rings. The van der Waals surface area contributed by atoms with Crippen molar-refractivity contribution in [2.45, 2.75) is 24.9 Å². The fourth-order valence-corrected chi connectivity index (χ4v) is 1.29. The van der Waals surface area contributed by atoms with Gasteiger partial charge in [0, 0.05) is 5.56 Å². The third-order valence-electron chi connectivity index (χ3n) is 2.32. The van der Waals surface area contributed by atoms with Gasteiger partial charge in [0.2, 0.25) is 5.78 Å². The molecule has 1 nitrogen and oxygen atoms in total. The van der Waals surface area contributed by atoms with Crippen molar-refractivity contribution in [3.05, 3.63) is 35.4 Å². The second-order valence-electron chi connectivity index (χ2n) is 3.85. The van der Waals surface area contributed by atoms with E-state index in [0.717, 1.165) is 18.2 Å². The van der Waals surface area contributed by atoms with E-state index in [1.54, 1.807) is 0 Å². The smallest absolute Gasteiger partial charge is 0.287 e. The fourth-order valence-electron chi connectivity index (χ4n) is 1.29. The minimum Gasteiger partial charge on any atom is -0.287 e. The molecular formula is C11H7F7O. The number of benzene rings is 1. The molecule has 0 bridgehead atoms. The van der Waals surface area contributed by atoms with E-state index < -0.39 is 29.4 Å². The Morgan fingerprint density at radius 1 is 1.00 bits per heavy atom. The molecule has 0 saturated heterocycles. The Kier molecular flexibility index (Phi) is 3.66. The summed E-state index contributed by atoms with van der Waals surface area (Å²) in [5, 5.41) is 0. The van der Waals surface area contributed by atoms with Crippen molar-refractivity contribution in [1.29, 1.82) is 0 Å². The molecule has 0 unspecified atom stereocenters. The van der Waals surface area contributed by atoms with Crippen LogP contribution in [0.25, 0.3) is 0 Å². The summed E-state index contributed by atoms with van der Waals surface area (Å²) < 4.78 is 87.2. The molecule has 106 valence electrons. The second kappa shape index (κ2) is 4.50. The molecule has 0 aliphatic rings. The van der Waals surface area contributed by atoms with Gasteiger partial charge in [0.1, 0.15) is 0 Å². The summed E-state index contributed by atoms with van der Waals surface area (Å²) >= 11 is 0. The van der Waals surface area contributed by atoms with Crippen molar-refractivity contribution in [3.63, 3.8) is 0 Å². The molecule has 0 N–H and O–H groups in total. The maximum absolute atomic E-state index is 13.1. The van der Waals surface area contributed by atoms with Crippen molar-refractivity contribution in [1.82, 2.24) is 0 Å². The first kappa shape index (κ1) is 15.5. The SMILES string of the molecule is Cc1cccc(C(=O)C(F)(F)C(F)(F)C(F)(F)F)c1. The molecule has 0 amide bonds. The number of aryl methyl sites for hydroxylation is 1. The Labute approximate surface area is 103 Å². The summed E-state index contributed by atoms with van der Waals surface area (Å²) in [4.78, 5) is 11.2. The molecule has 0 atom stereocenters. The monoisotopic (exact) mass is 288 g/mol. The Morgan fingerprint density at radius 3 is 1.95 bits per heavy atom. The average molecular weight is 288 g/mol. The van der Waals surface area contributed by atoms with Crippen LogP contribution in [0, 0.1) is 6.92 Å². The van der Waals surface area contributed by atoms with Crippen LogP contribution in [0.2, 0.25) is 0 Å². The summed E-state index contributed by atoms with van der Waals surface area (Å²) in [6.07, 6.45) is -6.52. The second-order valence-corrected chi connectivity index (χ2v) is 3.85. The average Bonchev–Trinajstić information content (AvgIpc) is 2.26. The highest BCUT2D eigenvalue weighted by molar-refractivity contribution is 6.02. The minimum absolute atomic E-state index is 0.275. The quantitative estimate of drug-likeness (QED) is 0.606. The lowest BCUT2D eigenvalue weighted by atomic mass is 9.99. The van der Waals surface area contributed by atoms with Gasteiger partial charge in [-0.25, -0.2) is 0 Å². The molecule has 0 saturated carbocycles. The summed E-state index contributed by atoms with van der Waals surface area (Å²) in [7, 11) is 0.